The third-order valence-corrected chi connectivity index (χ3v) is 5.56. The zero-order valence-corrected chi connectivity index (χ0v) is 15.2. The molecule has 23 heavy (non-hydrogen) atoms. The van der Waals surface area contributed by atoms with Crippen molar-refractivity contribution in [3.8, 4) is 11.5 Å². The van der Waals surface area contributed by atoms with Crippen LogP contribution in [-0.2, 0) is 0 Å². The first-order valence-electron chi connectivity index (χ1n) is 7.40. The molecule has 1 aromatic carbocycles. The molecule has 0 aliphatic carbocycles. The number of fused-ring (bicyclic) bond motifs is 2. The number of rotatable bonds is 3. The van der Waals surface area contributed by atoms with Crippen LogP contribution in [-0.4, -0.2) is 22.3 Å². The summed E-state index contributed by atoms with van der Waals surface area (Å²) in [7, 11) is 1.41. The molecule has 0 aliphatic heterocycles. The van der Waals surface area contributed by atoms with Crippen LogP contribution in [0.4, 0.5) is 0 Å². The Labute approximate surface area is 134 Å². The van der Waals surface area contributed by atoms with Crippen molar-refractivity contribution in [2.45, 2.75) is 26.6 Å². The van der Waals surface area contributed by atoms with Crippen LogP contribution in [0.5, 0.6) is 11.5 Å². The minimum absolute atomic E-state index is 0.156. The summed E-state index contributed by atoms with van der Waals surface area (Å²) in [5.41, 5.74) is 0.762. The lowest BCUT2D eigenvalue weighted by molar-refractivity contribution is 0.399. The van der Waals surface area contributed by atoms with Crippen molar-refractivity contribution in [2.75, 3.05) is 14.2 Å². The second kappa shape index (κ2) is 5.16. The number of hydrogen-bond acceptors (Lipinski definition) is 5. The van der Waals surface area contributed by atoms with E-state index in [1.54, 1.807) is 21.1 Å². The number of aryl methyl sites for hydroxylation is 1. The number of methoxy groups -OCH3 is 2. The molecule has 0 fully saturated rings. The van der Waals surface area contributed by atoms with Crippen LogP contribution in [0.1, 0.15) is 5.76 Å². The molecule has 0 radical (unpaired) electrons. The molecule has 2 heterocycles. The first kappa shape index (κ1) is 15.7. The van der Waals surface area contributed by atoms with Gasteiger partial charge in [0.15, 0.2) is 16.6 Å². The van der Waals surface area contributed by atoms with Gasteiger partial charge in [0, 0.05) is 6.07 Å². The Morgan fingerprint density at radius 3 is 2.17 bits per heavy atom. The molecule has 0 saturated carbocycles. The summed E-state index contributed by atoms with van der Waals surface area (Å²) in [5.74, 6) is 1.41. The maximum Gasteiger partial charge on any atom is 0.206 e. The number of benzene rings is 1. The predicted octanol–water partition coefficient (Wildman–Crippen LogP) is 3.41. The third-order valence-electron chi connectivity index (χ3n) is 3.83. The zero-order chi connectivity index (χ0) is 16.9. The third kappa shape index (κ3) is 2.33. The van der Waals surface area contributed by atoms with Gasteiger partial charge < -0.3 is 18.3 Å². The van der Waals surface area contributed by atoms with Gasteiger partial charge in [-0.15, -0.1) is 0 Å². The van der Waals surface area contributed by atoms with Crippen LogP contribution < -0.4 is 20.3 Å². The summed E-state index contributed by atoms with van der Waals surface area (Å²) in [4.78, 5) is 12.5. The SMILES string of the molecule is COc1c2oc([Si](C)(C)C)cc2c(OC)c2c(=O)cc(C)oc12. The van der Waals surface area contributed by atoms with E-state index < -0.39 is 8.07 Å². The number of hydrogen-bond donors (Lipinski definition) is 0. The van der Waals surface area contributed by atoms with Crippen LogP contribution >= 0.6 is 0 Å². The van der Waals surface area contributed by atoms with Crippen LogP contribution in [0.15, 0.2) is 25.8 Å². The maximum absolute atomic E-state index is 12.5. The minimum Gasteiger partial charge on any atom is -0.495 e. The van der Waals surface area contributed by atoms with Crippen molar-refractivity contribution < 1.29 is 18.3 Å². The van der Waals surface area contributed by atoms with E-state index in [1.807, 2.05) is 6.07 Å². The molecule has 0 bridgehead atoms. The summed E-state index contributed by atoms with van der Waals surface area (Å²) in [6, 6.07) is 3.41. The molecule has 6 heteroatoms. The molecule has 0 N–H and O–H groups in total. The Hall–Kier alpha value is -2.21. The monoisotopic (exact) mass is 332 g/mol. The van der Waals surface area contributed by atoms with Gasteiger partial charge in [0.25, 0.3) is 0 Å². The minimum atomic E-state index is -1.67. The van der Waals surface area contributed by atoms with E-state index in [9.17, 15) is 4.79 Å². The lowest BCUT2D eigenvalue weighted by Crippen LogP contribution is -2.36. The fraction of sp³-hybridized carbons (Fsp3) is 0.353. The summed E-state index contributed by atoms with van der Waals surface area (Å²) in [6.45, 7) is 8.30. The van der Waals surface area contributed by atoms with E-state index in [0.717, 1.165) is 10.8 Å². The van der Waals surface area contributed by atoms with Crippen molar-refractivity contribution in [3.05, 3.63) is 28.1 Å². The Kier molecular flexibility index (Phi) is 3.52. The Morgan fingerprint density at radius 1 is 0.957 bits per heavy atom. The molecule has 0 atom stereocenters. The van der Waals surface area contributed by atoms with E-state index in [2.05, 4.69) is 19.6 Å². The first-order chi connectivity index (χ1) is 10.8. The molecule has 0 aliphatic rings. The fourth-order valence-corrected chi connectivity index (χ4v) is 3.70. The van der Waals surface area contributed by atoms with E-state index >= 15 is 0 Å². The second-order valence-electron chi connectivity index (χ2n) is 6.60. The Morgan fingerprint density at radius 2 is 1.61 bits per heavy atom. The maximum atomic E-state index is 12.5. The largest absolute Gasteiger partial charge is 0.495 e. The van der Waals surface area contributed by atoms with E-state index in [1.165, 1.54) is 6.07 Å². The Bertz CT molecular complexity index is 959. The van der Waals surface area contributed by atoms with Crippen molar-refractivity contribution in [2.24, 2.45) is 0 Å². The molecular formula is C17H20O5Si. The standard InChI is InChI=1S/C17H20O5Si/c1-9-7-11(18)13-14(19-2)10-8-12(23(4,5)6)22-15(10)17(20-3)16(13)21-9/h7-8H,1-6H3. The van der Waals surface area contributed by atoms with Gasteiger partial charge >= 0.3 is 0 Å². The van der Waals surface area contributed by atoms with Gasteiger partial charge in [-0.3, -0.25) is 4.79 Å². The molecule has 3 aromatic rings. The molecule has 0 spiro atoms. The van der Waals surface area contributed by atoms with E-state index in [-0.39, 0.29) is 5.43 Å². The van der Waals surface area contributed by atoms with Crippen molar-refractivity contribution in [3.63, 3.8) is 0 Å². The van der Waals surface area contributed by atoms with Crippen molar-refractivity contribution in [1.29, 1.82) is 0 Å². The molecule has 0 amide bonds. The van der Waals surface area contributed by atoms with Gasteiger partial charge in [0.1, 0.15) is 25.0 Å². The molecule has 122 valence electrons. The smallest absolute Gasteiger partial charge is 0.206 e. The molecule has 0 saturated heterocycles. The molecule has 3 rings (SSSR count). The van der Waals surface area contributed by atoms with Gasteiger partial charge in [-0.05, 0) is 13.0 Å². The highest BCUT2D eigenvalue weighted by Crippen LogP contribution is 2.41. The van der Waals surface area contributed by atoms with E-state index in [4.69, 9.17) is 18.3 Å². The summed E-state index contributed by atoms with van der Waals surface area (Å²) in [6.07, 6.45) is 0. The first-order valence-corrected chi connectivity index (χ1v) is 10.9. The second-order valence-corrected chi connectivity index (χ2v) is 11.6. The van der Waals surface area contributed by atoms with E-state index in [0.29, 0.717) is 33.8 Å². The quantitative estimate of drug-likeness (QED) is 0.688. The van der Waals surface area contributed by atoms with Gasteiger partial charge in [0.05, 0.1) is 25.0 Å². The predicted molar refractivity (Wildman–Crippen MR) is 93.1 cm³/mol. The van der Waals surface area contributed by atoms with Gasteiger partial charge in [-0.2, -0.15) is 0 Å². The summed E-state index contributed by atoms with van der Waals surface area (Å²) in [5, 5.41) is 2.04. The van der Waals surface area contributed by atoms with Gasteiger partial charge in [0.2, 0.25) is 5.75 Å². The average molecular weight is 332 g/mol. The van der Waals surface area contributed by atoms with Crippen molar-refractivity contribution in [1.82, 2.24) is 0 Å². The summed E-state index contributed by atoms with van der Waals surface area (Å²) < 4.78 is 22.9. The molecule has 5 nitrogen and oxygen atoms in total. The number of furan rings is 1. The molecule has 0 unspecified atom stereocenters. The Balaban J connectivity index is 2.60. The zero-order valence-electron chi connectivity index (χ0n) is 14.2. The normalized spacial score (nSPS) is 12.1. The topological polar surface area (TPSA) is 61.8 Å². The van der Waals surface area contributed by atoms with Gasteiger partial charge in [-0.1, -0.05) is 19.6 Å². The lowest BCUT2D eigenvalue weighted by Gasteiger charge is -2.11. The van der Waals surface area contributed by atoms with Crippen LogP contribution in [0.2, 0.25) is 19.6 Å². The highest BCUT2D eigenvalue weighted by Gasteiger charge is 2.28. The lowest BCUT2D eigenvalue weighted by atomic mass is 10.1. The van der Waals surface area contributed by atoms with Crippen LogP contribution in [0.3, 0.4) is 0 Å². The van der Waals surface area contributed by atoms with Gasteiger partial charge in [-0.25, -0.2) is 0 Å². The molecular weight excluding hydrogens is 312 g/mol. The highest BCUT2D eigenvalue weighted by atomic mass is 28.3. The van der Waals surface area contributed by atoms with Crippen LogP contribution in [0.25, 0.3) is 21.9 Å². The fourth-order valence-electron chi connectivity index (χ4n) is 2.72. The van der Waals surface area contributed by atoms with Crippen molar-refractivity contribution >= 4 is 35.4 Å². The molecule has 2 aromatic heterocycles. The average Bonchev–Trinajstić information content (AvgIpc) is 2.89. The van der Waals surface area contributed by atoms with Crippen LogP contribution in [0, 0.1) is 6.92 Å². The summed E-state index contributed by atoms with van der Waals surface area (Å²) >= 11 is 0. The highest BCUT2D eigenvalue weighted by molar-refractivity contribution is 6.87. The number of ether oxygens (including phenoxy) is 2.